The summed E-state index contributed by atoms with van der Waals surface area (Å²) in [5.41, 5.74) is 4.38. The van der Waals surface area contributed by atoms with Gasteiger partial charge in [0.15, 0.2) is 6.61 Å². The summed E-state index contributed by atoms with van der Waals surface area (Å²) in [5, 5.41) is 0. The number of rotatable bonds is 7. The first-order chi connectivity index (χ1) is 13.3. The minimum Gasteiger partial charge on any atom is -0.454 e. The molecular weight excluding hydrogens is 369 g/mol. The second-order valence-corrected chi connectivity index (χ2v) is 5.98. The van der Waals surface area contributed by atoms with E-state index >= 15 is 0 Å². The van der Waals surface area contributed by atoms with Crippen molar-refractivity contribution in [2.45, 2.75) is 19.9 Å². The van der Waals surface area contributed by atoms with Gasteiger partial charge >= 0.3 is 11.7 Å². The molecule has 0 spiro atoms. The fourth-order valence-corrected chi connectivity index (χ4v) is 2.52. The molecule has 28 heavy (non-hydrogen) atoms. The standard InChI is InChI=1S/C19H20FN3O5/c1-3-9-23-17(21)16(18(26)22(2)19(23)27)14(24)11-28-15(25)8-7-12-5-4-6-13(20)10-12/h4-8,10H,3,9,11,21H2,1-2H3/b8-7+. The van der Waals surface area contributed by atoms with E-state index in [1.165, 1.54) is 31.3 Å². The van der Waals surface area contributed by atoms with Crippen molar-refractivity contribution in [2.75, 3.05) is 12.3 Å². The molecule has 0 saturated heterocycles. The molecule has 1 aromatic heterocycles. The molecule has 1 heterocycles. The number of carbonyl (C=O) groups excluding carboxylic acids is 2. The van der Waals surface area contributed by atoms with Gasteiger partial charge in [0.05, 0.1) is 0 Å². The van der Waals surface area contributed by atoms with Gasteiger partial charge in [-0.15, -0.1) is 0 Å². The number of ether oxygens (including phenoxy) is 1. The van der Waals surface area contributed by atoms with E-state index in [1.807, 2.05) is 6.92 Å². The maximum Gasteiger partial charge on any atom is 0.332 e. The average Bonchev–Trinajstić information content (AvgIpc) is 2.66. The van der Waals surface area contributed by atoms with E-state index < -0.39 is 41.0 Å². The third-order valence-corrected chi connectivity index (χ3v) is 3.92. The number of nitrogen functional groups attached to an aromatic ring is 1. The summed E-state index contributed by atoms with van der Waals surface area (Å²) in [6, 6.07) is 5.54. The number of benzene rings is 1. The molecule has 0 bridgehead atoms. The van der Waals surface area contributed by atoms with Gasteiger partial charge in [0.2, 0.25) is 5.78 Å². The van der Waals surface area contributed by atoms with Crippen LogP contribution in [0.1, 0.15) is 29.3 Å². The Balaban J connectivity index is 2.16. The lowest BCUT2D eigenvalue weighted by atomic mass is 10.2. The molecule has 148 valence electrons. The Kier molecular flexibility index (Phi) is 6.64. The van der Waals surface area contributed by atoms with Crippen LogP contribution in [0, 0.1) is 5.82 Å². The van der Waals surface area contributed by atoms with Gasteiger partial charge in [0.25, 0.3) is 5.56 Å². The SMILES string of the molecule is CCCn1c(N)c(C(=O)COC(=O)/C=C/c2cccc(F)c2)c(=O)n(C)c1=O. The highest BCUT2D eigenvalue weighted by Gasteiger charge is 2.22. The van der Waals surface area contributed by atoms with E-state index in [0.717, 1.165) is 15.2 Å². The maximum atomic E-state index is 13.1. The maximum absolute atomic E-state index is 13.1. The van der Waals surface area contributed by atoms with Crippen LogP contribution < -0.4 is 17.0 Å². The highest BCUT2D eigenvalue weighted by molar-refractivity contribution is 6.01. The van der Waals surface area contributed by atoms with Crippen molar-refractivity contribution < 1.29 is 18.7 Å². The van der Waals surface area contributed by atoms with Crippen LogP contribution in [0.25, 0.3) is 6.08 Å². The number of hydrogen-bond acceptors (Lipinski definition) is 6. The quantitative estimate of drug-likeness (QED) is 0.431. The lowest BCUT2D eigenvalue weighted by Gasteiger charge is -2.13. The van der Waals surface area contributed by atoms with E-state index in [-0.39, 0.29) is 12.4 Å². The Hall–Kier alpha value is -3.49. The zero-order chi connectivity index (χ0) is 20.8. The van der Waals surface area contributed by atoms with Gasteiger partial charge in [-0.3, -0.25) is 18.7 Å². The van der Waals surface area contributed by atoms with Gasteiger partial charge in [-0.1, -0.05) is 19.1 Å². The van der Waals surface area contributed by atoms with E-state index in [4.69, 9.17) is 10.5 Å². The molecule has 2 rings (SSSR count). The van der Waals surface area contributed by atoms with Gasteiger partial charge in [-0.25, -0.2) is 14.0 Å². The van der Waals surface area contributed by atoms with Gasteiger partial charge in [-0.05, 0) is 30.2 Å². The molecular formula is C19H20FN3O5. The molecule has 0 radical (unpaired) electrons. The first-order valence-electron chi connectivity index (χ1n) is 8.49. The molecule has 2 N–H and O–H groups in total. The second-order valence-electron chi connectivity index (χ2n) is 5.98. The van der Waals surface area contributed by atoms with Crippen LogP contribution in [-0.4, -0.2) is 27.5 Å². The van der Waals surface area contributed by atoms with Crippen molar-refractivity contribution in [1.82, 2.24) is 9.13 Å². The lowest BCUT2D eigenvalue weighted by Crippen LogP contribution is -2.43. The van der Waals surface area contributed by atoms with Crippen molar-refractivity contribution >= 4 is 23.6 Å². The summed E-state index contributed by atoms with van der Waals surface area (Å²) in [7, 11) is 1.24. The van der Waals surface area contributed by atoms with Crippen molar-refractivity contribution in [3.05, 3.63) is 68.1 Å². The van der Waals surface area contributed by atoms with Crippen LogP contribution in [0.2, 0.25) is 0 Å². The number of anilines is 1. The molecule has 9 heteroatoms. The summed E-state index contributed by atoms with van der Waals surface area (Å²) < 4.78 is 19.8. The minimum atomic E-state index is -0.855. The predicted molar refractivity (Wildman–Crippen MR) is 101 cm³/mol. The Morgan fingerprint density at radius 3 is 2.64 bits per heavy atom. The fourth-order valence-electron chi connectivity index (χ4n) is 2.52. The van der Waals surface area contributed by atoms with Crippen LogP contribution in [0.3, 0.4) is 0 Å². The first kappa shape index (κ1) is 20.8. The zero-order valence-electron chi connectivity index (χ0n) is 15.5. The average molecular weight is 389 g/mol. The summed E-state index contributed by atoms with van der Waals surface area (Å²) in [4.78, 5) is 48.5. The van der Waals surface area contributed by atoms with Crippen molar-refractivity contribution in [2.24, 2.45) is 7.05 Å². The smallest absolute Gasteiger partial charge is 0.332 e. The molecule has 0 amide bonds. The largest absolute Gasteiger partial charge is 0.454 e. The van der Waals surface area contributed by atoms with Crippen LogP contribution in [0.15, 0.2) is 39.9 Å². The van der Waals surface area contributed by atoms with Crippen molar-refractivity contribution in [3.8, 4) is 0 Å². The van der Waals surface area contributed by atoms with Crippen molar-refractivity contribution in [1.29, 1.82) is 0 Å². The molecule has 0 atom stereocenters. The third-order valence-electron chi connectivity index (χ3n) is 3.92. The summed E-state index contributed by atoms with van der Waals surface area (Å²) >= 11 is 0. The Labute approximate surface area is 159 Å². The van der Waals surface area contributed by atoms with E-state index in [1.54, 1.807) is 6.07 Å². The number of Topliss-reactive ketones (excluding diaryl/α,β-unsaturated/α-hetero) is 1. The fraction of sp³-hybridized carbons (Fsp3) is 0.263. The highest BCUT2D eigenvalue weighted by Crippen LogP contribution is 2.08. The van der Waals surface area contributed by atoms with Gasteiger partial charge in [0.1, 0.15) is 17.2 Å². The van der Waals surface area contributed by atoms with Gasteiger partial charge in [0, 0.05) is 19.7 Å². The molecule has 8 nitrogen and oxygen atoms in total. The van der Waals surface area contributed by atoms with Crippen molar-refractivity contribution in [3.63, 3.8) is 0 Å². The van der Waals surface area contributed by atoms with Crippen LogP contribution >= 0.6 is 0 Å². The second kappa shape index (κ2) is 8.94. The number of ketones is 1. The number of nitrogens with zero attached hydrogens (tertiary/aromatic N) is 2. The molecule has 0 fully saturated rings. The molecule has 0 aliphatic carbocycles. The minimum absolute atomic E-state index is 0.231. The van der Waals surface area contributed by atoms with Crippen LogP contribution in [0.4, 0.5) is 10.2 Å². The number of carbonyl (C=O) groups is 2. The van der Waals surface area contributed by atoms with Crippen LogP contribution in [0.5, 0.6) is 0 Å². The lowest BCUT2D eigenvalue weighted by molar-refractivity contribution is -0.136. The Morgan fingerprint density at radius 2 is 2.00 bits per heavy atom. The Bertz CT molecular complexity index is 1050. The zero-order valence-corrected chi connectivity index (χ0v) is 15.5. The summed E-state index contributed by atoms with van der Waals surface area (Å²) in [6.07, 6.45) is 2.92. The van der Waals surface area contributed by atoms with E-state index in [2.05, 4.69) is 0 Å². The first-order valence-corrected chi connectivity index (χ1v) is 8.49. The highest BCUT2D eigenvalue weighted by atomic mass is 19.1. The molecule has 2 aromatic rings. The molecule has 1 aromatic carbocycles. The number of hydrogen-bond donors (Lipinski definition) is 1. The summed E-state index contributed by atoms with van der Waals surface area (Å²) in [5.74, 6) is -2.39. The van der Waals surface area contributed by atoms with E-state index in [9.17, 15) is 23.6 Å². The van der Waals surface area contributed by atoms with E-state index in [0.29, 0.717) is 12.0 Å². The van der Waals surface area contributed by atoms with Crippen LogP contribution in [-0.2, 0) is 23.1 Å². The molecule has 0 aliphatic rings. The number of esters is 1. The monoisotopic (exact) mass is 389 g/mol. The summed E-state index contributed by atoms with van der Waals surface area (Å²) in [6.45, 7) is 1.32. The number of nitrogens with two attached hydrogens (primary N) is 1. The van der Waals surface area contributed by atoms with Gasteiger partial charge in [-0.2, -0.15) is 0 Å². The normalized spacial score (nSPS) is 11.0. The topological polar surface area (TPSA) is 113 Å². The number of halogens is 1. The molecule has 0 saturated carbocycles. The van der Waals surface area contributed by atoms with Gasteiger partial charge < -0.3 is 10.5 Å². The third kappa shape index (κ3) is 4.61. The predicted octanol–water partition coefficient (Wildman–Crippen LogP) is 1.12. The molecule has 0 aliphatic heterocycles. The molecule has 0 unspecified atom stereocenters. The number of aromatic nitrogens is 2. The Morgan fingerprint density at radius 1 is 1.29 bits per heavy atom.